The van der Waals surface area contributed by atoms with Crippen LogP contribution in [0.15, 0.2) is 65.0 Å². The fourth-order valence-electron chi connectivity index (χ4n) is 4.26. The Balaban J connectivity index is 1.77. The Morgan fingerprint density at radius 3 is 2.45 bits per heavy atom. The van der Waals surface area contributed by atoms with Crippen molar-refractivity contribution in [3.8, 4) is 0 Å². The summed E-state index contributed by atoms with van der Waals surface area (Å²) in [5.41, 5.74) is 1.59. The second-order valence-electron chi connectivity index (χ2n) is 7.96. The first-order valence-electron chi connectivity index (χ1n) is 10.2. The first-order chi connectivity index (χ1) is 15.6. The molecule has 1 aliphatic heterocycles. The van der Waals surface area contributed by atoms with Gasteiger partial charge in [0.15, 0.2) is 5.78 Å². The van der Waals surface area contributed by atoms with Gasteiger partial charge >= 0.3 is 6.18 Å². The number of Topliss-reactive ketones (excluding diaryl/α,β-unsaturated/α-hetero) is 1. The van der Waals surface area contributed by atoms with Gasteiger partial charge in [-0.25, -0.2) is 0 Å². The molecule has 172 valence electrons. The number of carbonyl (C=O) groups is 2. The molecule has 2 aromatic rings. The number of alkyl halides is 3. The van der Waals surface area contributed by atoms with E-state index in [4.69, 9.17) is 23.2 Å². The van der Waals surface area contributed by atoms with E-state index in [9.17, 15) is 22.8 Å². The molecule has 0 bridgehead atoms. The molecule has 0 fully saturated rings. The van der Waals surface area contributed by atoms with Gasteiger partial charge in [0.1, 0.15) is 0 Å². The first-order valence-corrected chi connectivity index (χ1v) is 11.0. The Hall–Kier alpha value is -2.77. The van der Waals surface area contributed by atoms with E-state index in [0.29, 0.717) is 41.1 Å². The maximum atomic E-state index is 13.4. The standard InChI is InChI=1S/C24H19Cl2F3N2O2/c1-12-20(23(33)31-18-11-14(24(27,28)29)7-10-16(18)26)21(13-5-8-15(25)9-6-13)22-17(30-12)3-2-4-19(22)32/h5-11,21,30H,2-4H2,1H3,(H,31,33)/t21-/m1/s1. The monoisotopic (exact) mass is 494 g/mol. The average molecular weight is 495 g/mol. The van der Waals surface area contributed by atoms with E-state index < -0.39 is 23.6 Å². The molecule has 0 radical (unpaired) electrons. The Bertz CT molecular complexity index is 1200. The third-order valence-electron chi connectivity index (χ3n) is 5.77. The Labute approximate surface area is 198 Å². The molecule has 0 unspecified atom stereocenters. The van der Waals surface area contributed by atoms with Crippen molar-refractivity contribution in [2.75, 3.05) is 5.32 Å². The molecule has 1 heterocycles. The molecule has 1 atom stereocenters. The normalized spacial score (nSPS) is 18.7. The highest BCUT2D eigenvalue weighted by atomic mass is 35.5. The Morgan fingerprint density at radius 1 is 1.09 bits per heavy atom. The van der Waals surface area contributed by atoms with Crippen LogP contribution in [0.5, 0.6) is 0 Å². The van der Waals surface area contributed by atoms with Gasteiger partial charge in [-0.05, 0) is 55.7 Å². The number of hydrogen-bond donors (Lipinski definition) is 2. The van der Waals surface area contributed by atoms with Gasteiger partial charge in [0.25, 0.3) is 5.91 Å². The molecular formula is C24H19Cl2F3N2O2. The lowest BCUT2D eigenvalue weighted by molar-refractivity contribution is -0.137. The van der Waals surface area contributed by atoms with Gasteiger partial charge in [0.05, 0.1) is 16.3 Å². The van der Waals surface area contributed by atoms with E-state index in [0.717, 1.165) is 23.9 Å². The summed E-state index contributed by atoms with van der Waals surface area (Å²) in [7, 11) is 0. The predicted molar refractivity (Wildman–Crippen MR) is 121 cm³/mol. The van der Waals surface area contributed by atoms with Gasteiger partial charge in [-0.2, -0.15) is 13.2 Å². The van der Waals surface area contributed by atoms with Crippen molar-refractivity contribution in [1.29, 1.82) is 0 Å². The quantitative estimate of drug-likeness (QED) is 0.504. The zero-order valence-corrected chi connectivity index (χ0v) is 19.0. The number of rotatable bonds is 3. The van der Waals surface area contributed by atoms with Crippen LogP contribution >= 0.6 is 23.2 Å². The highest BCUT2D eigenvalue weighted by Crippen LogP contribution is 2.43. The van der Waals surface area contributed by atoms with Crippen LogP contribution in [-0.2, 0) is 15.8 Å². The van der Waals surface area contributed by atoms with Crippen LogP contribution in [0.2, 0.25) is 10.0 Å². The summed E-state index contributed by atoms with van der Waals surface area (Å²) in [6, 6.07) is 9.54. The summed E-state index contributed by atoms with van der Waals surface area (Å²) < 4.78 is 39.5. The molecule has 1 amide bonds. The topological polar surface area (TPSA) is 58.2 Å². The fourth-order valence-corrected chi connectivity index (χ4v) is 4.55. The summed E-state index contributed by atoms with van der Waals surface area (Å²) >= 11 is 12.1. The summed E-state index contributed by atoms with van der Waals surface area (Å²) in [6.45, 7) is 1.70. The zero-order chi connectivity index (χ0) is 23.9. The van der Waals surface area contributed by atoms with Crippen molar-refractivity contribution in [3.05, 3.63) is 86.2 Å². The minimum atomic E-state index is -4.59. The van der Waals surface area contributed by atoms with Crippen LogP contribution < -0.4 is 10.6 Å². The molecule has 2 aliphatic rings. The number of carbonyl (C=O) groups excluding carboxylic acids is 2. The van der Waals surface area contributed by atoms with Gasteiger partial charge in [-0.1, -0.05) is 35.3 Å². The molecule has 2 aromatic carbocycles. The van der Waals surface area contributed by atoms with Crippen molar-refractivity contribution in [1.82, 2.24) is 5.32 Å². The van der Waals surface area contributed by atoms with E-state index in [1.54, 1.807) is 31.2 Å². The number of amides is 1. The van der Waals surface area contributed by atoms with Crippen LogP contribution in [-0.4, -0.2) is 11.7 Å². The number of benzene rings is 2. The second-order valence-corrected chi connectivity index (χ2v) is 8.81. The van der Waals surface area contributed by atoms with Crippen molar-refractivity contribution in [2.45, 2.75) is 38.3 Å². The molecule has 4 nitrogen and oxygen atoms in total. The van der Waals surface area contributed by atoms with Crippen molar-refractivity contribution in [2.24, 2.45) is 0 Å². The van der Waals surface area contributed by atoms with E-state index in [2.05, 4.69) is 10.6 Å². The molecule has 9 heteroatoms. The molecule has 0 spiro atoms. The van der Waals surface area contributed by atoms with Gasteiger partial charge in [-0.3, -0.25) is 9.59 Å². The molecular weight excluding hydrogens is 476 g/mol. The molecule has 0 saturated carbocycles. The van der Waals surface area contributed by atoms with Crippen molar-refractivity contribution in [3.63, 3.8) is 0 Å². The maximum Gasteiger partial charge on any atom is 0.416 e. The number of allylic oxidation sites excluding steroid dienone is 3. The first kappa shape index (κ1) is 23.4. The minimum Gasteiger partial charge on any atom is -0.362 e. The lowest BCUT2D eigenvalue weighted by Crippen LogP contribution is -2.35. The van der Waals surface area contributed by atoms with Crippen LogP contribution in [0.25, 0.3) is 0 Å². The number of dihydropyridines is 1. The summed E-state index contributed by atoms with van der Waals surface area (Å²) in [5.74, 6) is -1.40. The number of ketones is 1. The van der Waals surface area contributed by atoms with E-state index in [-0.39, 0.29) is 22.1 Å². The predicted octanol–water partition coefficient (Wildman–Crippen LogP) is 6.62. The Morgan fingerprint density at radius 2 is 1.79 bits per heavy atom. The number of nitrogens with one attached hydrogen (secondary N) is 2. The maximum absolute atomic E-state index is 13.4. The highest BCUT2D eigenvalue weighted by Gasteiger charge is 2.39. The van der Waals surface area contributed by atoms with Crippen LogP contribution in [0.3, 0.4) is 0 Å². The third-order valence-corrected chi connectivity index (χ3v) is 6.35. The van der Waals surface area contributed by atoms with Crippen LogP contribution in [0, 0.1) is 0 Å². The lowest BCUT2D eigenvalue weighted by Gasteiger charge is -2.34. The number of anilines is 1. The fraction of sp³-hybridized carbons (Fsp3) is 0.250. The molecule has 4 rings (SSSR count). The minimum absolute atomic E-state index is 0.0324. The lowest BCUT2D eigenvalue weighted by atomic mass is 9.75. The van der Waals surface area contributed by atoms with E-state index in [1.165, 1.54) is 0 Å². The summed E-state index contributed by atoms with van der Waals surface area (Å²) in [6.07, 6.45) is -2.87. The van der Waals surface area contributed by atoms with Crippen LogP contribution in [0.1, 0.15) is 43.2 Å². The molecule has 0 aromatic heterocycles. The van der Waals surface area contributed by atoms with Crippen molar-refractivity contribution >= 4 is 40.6 Å². The molecule has 0 saturated heterocycles. The van der Waals surface area contributed by atoms with Gasteiger partial charge in [-0.15, -0.1) is 0 Å². The number of halogens is 5. The highest BCUT2D eigenvalue weighted by molar-refractivity contribution is 6.34. The smallest absolute Gasteiger partial charge is 0.362 e. The largest absolute Gasteiger partial charge is 0.416 e. The van der Waals surface area contributed by atoms with E-state index in [1.807, 2.05) is 0 Å². The van der Waals surface area contributed by atoms with Gasteiger partial charge in [0, 0.05) is 39.9 Å². The number of hydrogen-bond acceptors (Lipinski definition) is 3. The van der Waals surface area contributed by atoms with Gasteiger partial charge < -0.3 is 10.6 Å². The van der Waals surface area contributed by atoms with E-state index >= 15 is 0 Å². The summed E-state index contributed by atoms with van der Waals surface area (Å²) in [5, 5.41) is 6.15. The molecule has 2 N–H and O–H groups in total. The SMILES string of the molecule is CC1=C(C(=O)Nc2cc(C(F)(F)F)ccc2Cl)[C@@H](c2ccc(Cl)cc2)C2=C(CCCC2=O)N1. The van der Waals surface area contributed by atoms with Crippen molar-refractivity contribution < 1.29 is 22.8 Å². The Kier molecular flexibility index (Phi) is 6.29. The third kappa shape index (κ3) is 4.66. The van der Waals surface area contributed by atoms with Crippen LogP contribution in [0.4, 0.5) is 18.9 Å². The molecule has 33 heavy (non-hydrogen) atoms. The zero-order valence-electron chi connectivity index (χ0n) is 17.4. The van der Waals surface area contributed by atoms with Gasteiger partial charge in [0.2, 0.25) is 0 Å². The average Bonchev–Trinajstić information content (AvgIpc) is 2.74. The molecule has 1 aliphatic carbocycles. The second kappa shape index (κ2) is 8.88. The summed E-state index contributed by atoms with van der Waals surface area (Å²) in [4.78, 5) is 26.3.